The summed E-state index contributed by atoms with van der Waals surface area (Å²) in [7, 11) is 0. The van der Waals surface area contributed by atoms with Crippen molar-refractivity contribution >= 4 is 16.9 Å². The van der Waals surface area contributed by atoms with E-state index in [1.54, 1.807) is 0 Å². The number of H-pyrrole nitrogens is 2. The zero-order chi connectivity index (χ0) is 19.2. The van der Waals surface area contributed by atoms with Crippen LogP contribution in [-0.2, 0) is 17.3 Å². The molecule has 2 N–H and O–H groups in total. The van der Waals surface area contributed by atoms with Gasteiger partial charge in [0.2, 0.25) is 28.5 Å². The monoisotopic (exact) mass is 398 g/mol. The molecule has 0 aliphatic rings. The van der Waals surface area contributed by atoms with E-state index in [0.717, 1.165) is 0 Å². The molecule has 27 heavy (non-hydrogen) atoms. The number of aromatic amines is 2. The Morgan fingerprint density at radius 3 is 2.70 bits per heavy atom. The van der Waals surface area contributed by atoms with Crippen molar-refractivity contribution in [3.05, 3.63) is 30.7 Å². The fraction of sp³-hybridized carbons (Fsp3) is 0.154. The SMILES string of the molecule is CS(=O)Oc1cnc2nc(-c3n[nH]c(C(F)(F)F)n3)c(-c3cnc[nH]3)n2c1. The second kappa shape index (κ2) is 6.15. The van der Waals surface area contributed by atoms with E-state index < -0.39 is 23.1 Å². The zero-order valence-electron chi connectivity index (χ0n) is 13.4. The quantitative estimate of drug-likeness (QED) is 0.534. The minimum Gasteiger partial charge on any atom is -0.397 e. The number of halogens is 3. The maximum atomic E-state index is 12.8. The Morgan fingerprint density at radius 1 is 1.26 bits per heavy atom. The van der Waals surface area contributed by atoms with Crippen LogP contribution in [0, 0.1) is 0 Å². The molecule has 0 radical (unpaired) electrons. The predicted molar refractivity (Wildman–Crippen MR) is 85.6 cm³/mol. The highest BCUT2D eigenvalue weighted by Gasteiger charge is 2.36. The molecule has 0 aromatic carbocycles. The first-order valence-corrected chi connectivity index (χ1v) is 8.70. The first-order chi connectivity index (χ1) is 12.8. The van der Waals surface area contributed by atoms with Crippen LogP contribution >= 0.6 is 0 Å². The fourth-order valence-corrected chi connectivity index (χ4v) is 2.74. The van der Waals surface area contributed by atoms with Gasteiger partial charge in [-0.1, -0.05) is 0 Å². The molecule has 0 bridgehead atoms. The van der Waals surface area contributed by atoms with Gasteiger partial charge in [-0.05, 0) is 0 Å². The smallest absolute Gasteiger partial charge is 0.397 e. The fourth-order valence-electron chi connectivity index (χ4n) is 2.39. The molecule has 0 saturated carbocycles. The molecule has 1 atom stereocenters. The first kappa shape index (κ1) is 17.1. The van der Waals surface area contributed by atoms with Crippen LogP contribution in [0.15, 0.2) is 24.9 Å². The average molecular weight is 398 g/mol. The number of rotatable bonds is 4. The number of fused-ring (bicyclic) bond motifs is 1. The summed E-state index contributed by atoms with van der Waals surface area (Å²) in [5.74, 6) is -1.18. The van der Waals surface area contributed by atoms with E-state index in [9.17, 15) is 17.4 Å². The molecule has 0 saturated heterocycles. The van der Waals surface area contributed by atoms with Crippen LogP contribution in [0.5, 0.6) is 5.75 Å². The molecule has 14 heteroatoms. The van der Waals surface area contributed by atoms with Gasteiger partial charge < -0.3 is 9.17 Å². The summed E-state index contributed by atoms with van der Waals surface area (Å²) in [4.78, 5) is 18.5. The molecule has 140 valence electrons. The van der Waals surface area contributed by atoms with E-state index in [1.807, 2.05) is 5.10 Å². The molecule has 0 fully saturated rings. The van der Waals surface area contributed by atoms with Gasteiger partial charge in [-0.2, -0.15) is 18.3 Å². The Bertz CT molecular complexity index is 1130. The Balaban J connectivity index is 1.93. The van der Waals surface area contributed by atoms with Gasteiger partial charge in [0, 0.05) is 6.26 Å². The number of hydrogen-bond acceptors (Lipinski definition) is 7. The largest absolute Gasteiger partial charge is 0.451 e. The topological polar surface area (TPSA) is 127 Å². The zero-order valence-corrected chi connectivity index (χ0v) is 14.2. The van der Waals surface area contributed by atoms with Gasteiger partial charge in [0.05, 0.1) is 30.6 Å². The highest BCUT2D eigenvalue weighted by Crippen LogP contribution is 2.32. The summed E-state index contributed by atoms with van der Waals surface area (Å²) >= 11 is -1.59. The lowest BCUT2D eigenvalue weighted by Gasteiger charge is -2.03. The number of imidazole rings is 2. The summed E-state index contributed by atoms with van der Waals surface area (Å²) in [5, 5.41) is 5.47. The molecule has 4 aromatic rings. The number of aromatic nitrogens is 8. The molecule has 0 amide bonds. The van der Waals surface area contributed by atoms with Crippen molar-refractivity contribution in [2.75, 3.05) is 6.26 Å². The van der Waals surface area contributed by atoms with Crippen molar-refractivity contribution in [3.63, 3.8) is 0 Å². The third-order valence-corrected chi connectivity index (χ3v) is 3.82. The van der Waals surface area contributed by atoms with Crippen LogP contribution in [0.25, 0.3) is 28.7 Å². The van der Waals surface area contributed by atoms with Crippen LogP contribution in [0.1, 0.15) is 5.82 Å². The highest BCUT2D eigenvalue weighted by atomic mass is 32.2. The molecule has 0 aliphatic carbocycles. The normalized spacial score (nSPS) is 13.2. The minimum atomic E-state index is -4.68. The van der Waals surface area contributed by atoms with Gasteiger partial charge in [0.25, 0.3) is 0 Å². The molecular weight excluding hydrogens is 389 g/mol. The number of nitrogens with one attached hydrogen (secondary N) is 2. The predicted octanol–water partition coefficient (Wildman–Crippen LogP) is 1.60. The Kier molecular flexibility index (Phi) is 3.91. The molecular formula is C13H9F3N8O2S. The van der Waals surface area contributed by atoms with Gasteiger partial charge in [0.1, 0.15) is 11.4 Å². The molecule has 4 rings (SSSR count). The van der Waals surface area contributed by atoms with Crippen molar-refractivity contribution in [1.82, 2.24) is 39.5 Å². The first-order valence-electron chi connectivity index (χ1n) is 7.21. The third-order valence-electron chi connectivity index (χ3n) is 3.39. The number of alkyl halides is 3. The van der Waals surface area contributed by atoms with Crippen LogP contribution in [0.3, 0.4) is 0 Å². The van der Waals surface area contributed by atoms with Crippen molar-refractivity contribution in [1.29, 1.82) is 0 Å². The highest BCUT2D eigenvalue weighted by molar-refractivity contribution is 7.79. The van der Waals surface area contributed by atoms with Crippen LogP contribution < -0.4 is 4.18 Å². The van der Waals surface area contributed by atoms with E-state index in [1.165, 1.54) is 35.6 Å². The summed E-state index contributed by atoms with van der Waals surface area (Å²) in [6, 6.07) is 0. The van der Waals surface area contributed by atoms with Gasteiger partial charge in [-0.25, -0.2) is 24.1 Å². The van der Waals surface area contributed by atoms with Gasteiger partial charge in [-0.15, -0.1) is 0 Å². The molecule has 4 aromatic heterocycles. The van der Waals surface area contributed by atoms with Crippen LogP contribution in [-0.4, -0.2) is 50.0 Å². The van der Waals surface area contributed by atoms with E-state index in [-0.39, 0.29) is 23.0 Å². The van der Waals surface area contributed by atoms with Crippen molar-refractivity contribution in [3.8, 4) is 28.7 Å². The third kappa shape index (κ3) is 3.14. The van der Waals surface area contributed by atoms with Gasteiger partial charge in [-0.3, -0.25) is 9.50 Å². The maximum absolute atomic E-state index is 12.8. The molecule has 1 unspecified atom stereocenters. The Morgan fingerprint density at radius 2 is 2.07 bits per heavy atom. The standard InChI is InChI=1S/C13H9F3N8O2S/c1-27(25)26-6-2-18-12-20-8(10-21-11(23-22-10)13(14,15)16)9(24(12)4-6)7-3-17-5-19-7/h2-5H,1H3,(H,17,19)(H,21,22,23). The van der Waals surface area contributed by atoms with Crippen molar-refractivity contribution in [2.45, 2.75) is 6.18 Å². The van der Waals surface area contributed by atoms with Crippen molar-refractivity contribution < 1.29 is 21.6 Å². The molecule has 0 spiro atoms. The van der Waals surface area contributed by atoms with Crippen molar-refractivity contribution in [2.24, 2.45) is 0 Å². The van der Waals surface area contributed by atoms with Gasteiger partial charge in [0.15, 0.2) is 5.75 Å². The lowest BCUT2D eigenvalue weighted by atomic mass is 10.2. The lowest BCUT2D eigenvalue weighted by molar-refractivity contribution is -0.144. The summed E-state index contributed by atoms with van der Waals surface area (Å²) in [6.07, 6.45) is 2.26. The summed E-state index contributed by atoms with van der Waals surface area (Å²) in [5.41, 5.74) is 0.802. The summed E-state index contributed by atoms with van der Waals surface area (Å²) < 4.78 is 56.3. The number of hydrogen-bond donors (Lipinski definition) is 2. The Labute approximate surface area is 150 Å². The lowest BCUT2D eigenvalue weighted by Crippen LogP contribution is -2.07. The van der Waals surface area contributed by atoms with Gasteiger partial charge >= 0.3 is 6.18 Å². The second-order valence-corrected chi connectivity index (χ2v) is 6.19. The molecule has 10 nitrogen and oxygen atoms in total. The maximum Gasteiger partial charge on any atom is 0.451 e. The minimum absolute atomic E-state index is 0.0493. The summed E-state index contributed by atoms with van der Waals surface area (Å²) in [6.45, 7) is 0. The molecule has 0 aliphatic heterocycles. The second-order valence-electron chi connectivity index (χ2n) is 5.22. The van der Waals surface area contributed by atoms with E-state index >= 15 is 0 Å². The van der Waals surface area contributed by atoms with E-state index in [4.69, 9.17) is 4.18 Å². The van der Waals surface area contributed by atoms with Crippen LogP contribution in [0.4, 0.5) is 13.2 Å². The Hall–Kier alpha value is -3.29. The average Bonchev–Trinajstić information content (AvgIpc) is 3.31. The molecule has 4 heterocycles. The van der Waals surface area contributed by atoms with E-state index in [2.05, 4.69) is 30.0 Å². The number of nitrogens with zero attached hydrogens (tertiary/aromatic N) is 6. The van der Waals surface area contributed by atoms with E-state index in [0.29, 0.717) is 11.4 Å². The van der Waals surface area contributed by atoms with Crippen LogP contribution in [0.2, 0.25) is 0 Å².